The number of thioether (sulfide) groups is 1. The molecule has 0 spiro atoms. The summed E-state index contributed by atoms with van der Waals surface area (Å²) in [5.41, 5.74) is 0. The van der Waals surface area contributed by atoms with Gasteiger partial charge in [0.1, 0.15) is 5.82 Å². The van der Waals surface area contributed by atoms with Gasteiger partial charge in [-0.1, -0.05) is 25.6 Å². The minimum absolute atomic E-state index is 0.0270. The van der Waals surface area contributed by atoms with Crippen molar-refractivity contribution in [3.63, 3.8) is 0 Å². The second-order valence-corrected chi connectivity index (χ2v) is 9.39. The number of aryl methyl sites for hydroxylation is 1. The molecular weight excluding hydrogens is 348 g/mol. The van der Waals surface area contributed by atoms with E-state index >= 15 is 0 Å². The highest BCUT2D eigenvalue weighted by Crippen LogP contribution is 2.23. The fourth-order valence-electron chi connectivity index (χ4n) is 2.89. The third kappa shape index (κ3) is 4.95. The van der Waals surface area contributed by atoms with Crippen molar-refractivity contribution in [3.05, 3.63) is 5.82 Å². The van der Waals surface area contributed by atoms with Gasteiger partial charge in [-0.15, -0.1) is 5.10 Å². The van der Waals surface area contributed by atoms with Gasteiger partial charge in [0.05, 0.1) is 17.3 Å². The van der Waals surface area contributed by atoms with Gasteiger partial charge in [-0.3, -0.25) is 9.89 Å². The van der Waals surface area contributed by atoms with Crippen LogP contribution < -0.4 is 0 Å². The van der Waals surface area contributed by atoms with E-state index in [9.17, 15) is 13.2 Å². The quantitative estimate of drug-likeness (QED) is 0.695. The van der Waals surface area contributed by atoms with Crippen LogP contribution in [-0.4, -0.2) is 63.7 Å². The highest BCUT2D eigenvalue weighted by atomic mass is 32.2. The minimum Gasteiger partial charge on any atom is -0.335 e. The first kappa shape index (κ1) is 19.2. The predicted molar refractivity (Wildman–Crippen MR) is 94.8 cm³/mol. The third-order valence-corrected chi connectivity index (χ3v) is 6.86. The molecule has 1 fully saturated rings. The smallest absolute Gasteiger partial charge is 0.233 e. The number of nitrogens with zero attached hydrogens (tertiary/aromatic N) is 3. The molecule has 2 rings (SSSR count). The number of H-pyrrole nitrogens is 1. The van der Waals surface area contributed by atoms with Crippen LogP contribution in [0.15, 0.2) is 5.16 Å². The molecule has 1 N–H and O–H groups in total. The Labute approximate surface area is 147 Å². The number of nitrogens with one attached hydrogen (secondary N) is 1. The van der Waals surface area contributed by atoms with E-state index in [1.54, 1.807) is 4.90 Å². The van der Waals surface area contributed by atoms with Crippen LogP contribution in [0.2, 0.25) is 0 Å². The van der Waals surface area contributed by atoms with Crippen LogP contribution in [0, 0.1) is 0 Å². The lowest BCUT2D eigenvalue weighted by molar-refractivity contribution is -0.132. The number of hydrogen-bond donors (Lipinski definition) is 1. The van der Waals surface area contributed by atoms with Crippen LogP contribution in [0.1, 0.15) is 45.9 Å². The fourth-order valence-corrected chi connectivity index (χ4v) is 5.29. The van der Waals surface area contributed by atoms with Gasteiger partial charge in [0.25, 0.3) is 0 Å². The summed E-state index contributed by atoms with van der Waals surface area (Å²) in [6.07, 6.45) is 3.15. The lowest BCUT2D eigenvalue weighted by Crippen LogP contribution is -2.47. The highest BCUT2D eigenvalue weighted by Gasteiger charge is 2.36. The summed E-state index contributed by atoms with van der Waals surface area (Å²) >= 11 is 1.30. The zero-order chi connectivity index (χ0) is 17.7. The Morgan fingerprint density at radius 2 is 2.21 bits per heavy atom. The van der Waals surface area contributed by atoms with Crippen molar-refractivity contribution in [1.82, 2.24) is 20.1 Å². The molecule has 0 unspecified atom stereocenters. The average Bonchev–Trinajstić information content (AvgIpc) is 3.12. The summed E-state index contributed by atoms with van der Waals surface area (Å²) in [6.45, 7) is 6.05. The summed E-state index contributed by atoms with van der Waals surface area (Å²) < 4.78 is 23.5. The molecule has 0 aliphatic carbocycles. The Morgan fingerprint density at radius 1 is 1.46 bits per heavy atom. The highest BCUT2D eigenvalue weighted by molar-refractivity contribution is 7.99. The Balaban J connectivity index is 1.99. The number of carbonyl (C=O) groups excluding carboxylic acids is 1. The molecule has 0 radical (unpaired) electrons. The van der Waals surface area contributed by atoms with Crippen molar-refractivity contribution in [2.75, 3.05) is 17.3 Å². The van der Waals surface area contributed by atoms with Crippen LogP contribution in [-0.2, 0) is 21.1 Å². The molecular formula is C15H26N4O3S2. The first-order valence-electron chi connectivity index (χ1n) is 8.42. The maximum absolute atomic E-state index is 12.7. The molecule has 1 aromatic heterocycles. The third-order valence-electron chi connectivity index (χ3n) is 4.28. The standard InChI is InChI=1S/C15H26N4O3S2/c1-4-6-13-16-15(18-17-13)23-9-14(20)19(11(3)5-2)12-7-8-24(21,22)10-12/h11-12H,4-10H2,1-3H3,(H,16,17,18)/t11-,12-/m1/s1. The maximum Gasteiger partial charge on any atom is 0.233 e. The van der Waals surface area contributed by atoms with E-state index in [1.807, 2.05) is 13.8 Å². The molecule has 0 aromatic carbocycles. The summed E-state index contributed by atoms with van der Waals surface area (Å²) in [7, 11) is -3.02. The van der Waals surface area contributed by atoms with Crippen LogP contribution in [0.5, 0.6) is 0 Å². The molecule has 7 nitrogen and oxygen atoms in total. The lowest BCUT2D eigenvalue weighted by Gasteiger charge is -2.33. The van der Waals surface area contributed by atoms with Gasteiger partial charge < -0.3 is 4.90 Å². The van der Waals surface area contributed by atoms with E-state index in [0.29, 0.717) is 11.6 Å². The topological polar surface area (TPSA) is 96.0 Å². The van der Waals surface area contributed by atoms with Gasteiger partial charge in [0.15, 0.2) is 9.84 Å². The number of sulfone groups is 1. The first-order valence-corrected chi connectivity index (χ1v) is 11.2. The van der Waals surface area contributed by atoms with Gasteiger partial charge in [0.2, 0.25) is 11.1 Å². The van der Waals surface area contributed by atoms with Gasteiger partial charge >= 0.3 is 0 Å². The van der Waals surface area contributed by atoms with Crippen LogP contribution in [0.4, 0.5) is 0 Å². The van der Waals surface area contributed by atoms with E-state index in [2.05, 4.69) is 22.1 Å². The largest absolute Gasteiger partial charge is 0.335 e. The fraction of sp³-hybridized carbons (Fsp3) is 0.800. The Bertz CT molecular complexity index is 659. The number of rotatable bonds is 8. The van der Waals surface area contributed by atoms with Crippen LogP contribution in [0.25, 0.3) is 0 Å². The van der Waals surface area contributed by atoms with Gasteiger partial charge in [-0.05, 0) is 26.2 Å². The van der Waals surface area contributed by atoms with E-state index < -0.39 is 9.84 Å². The number of amides is 1. The predicted octanol–water partition coefficient (Wildman–Crippen LogP) is 1.66. The van der Waals surface area contributed by atoms with Gasteiger partial charge in [-0.2, -0.15) is 0 Å². The average molecular weight is 375 g/mol. The minimum atomic E-state index is -3.02. The first-order chi connectivity index (χ1) is 11.4. The molecule has 0 saturated carbocycles. The maximum atomic E-state index is 12.7. The monoisotopic (exact) mass is 374 g/mol. The van der Waals surface area contributed by atoms with Crippen molar-refractivity contribution in [2.45, 2.75) is 63.7 Å². The number of aromatic amines is 1. The lowest BCUT2D eigenvalue weighted by atomic mass is 10.1. The molecule has 2 atom stereocenters. The summed E-state index contributed by atoms with van der Waals surface area (Å²) in [6, 6.07) is -0.181. The second-order valence-electron chi connectivity index (χ2n) is 6.22. The Kier molecular flexibility index (Phi) is 6.68. The van der Waals surface area contributed by atoms with Crippen LogP contribution >= 0.6 is 11.8 Å². The van der Waals surface area contributed by atoms with E-state index in [4.69, 9.17) is 0 Å². The zero-order valence-corrected chi connectivity index (χ0v) is 16.1. The van der Waals surface area contributed by atoms with Crippen molar-refractivity contribution >= 4 is 27.5 Å². The van der Waals surface area contributed by atoms with Crippen molar-refractivity contribution in [1.29, 1.82) is 0 Å². The van der Waals surface area contributed by atoms with Crippen LogP contribution in [0.3, 0.4) is 0 Å². The van der Waals surface area contributed by atoms with Crippen molar-refractivity contribution < 1.29 is 13.2 Å². The number of hydrogen-bond acceptors (Lipinski definition) is 6. The number of carbonyl (C=O) groups is 1. The van der Waals surface area contributed by atoms with Gasteiger partial charge in [-0.25, -0.2) is 13.4 Å². The van der Waals surface area contributed by atoms with E-state index in [1.165, 1.54) is 11.8 Å². The zero-order valence-electron chi connectivity index (χ0n) is 14.5. The molecule has 1 aromatic rings. The summed E-state index contributed by atoms with van der Waals surface area (Å²) in [5.74, 6) is 1.26. The normalized spacial score (nSPS) is 20.9. The summed E-state index contributed by atoms with van der Waals surface area (Å²) in [5, 5.41) is 7.55. The summed E-state index contributed by atoms with van der Waals surface area (Å²) in [4.78, 5) is 18.8. The Morgan fingerprint density at radius 3 is 2.79 bits per heavy atom. The SMILES string of the molecule is CCCc1nc(SCC(=O)N([C@@H]2CCS(=O)(=O)C2)[C@H](C)CC)n[nH]1. The molecule has 9 heteroatoms. The number of aromatic nitrogens is 3. The second kappa shape index (κ2) is 8.33. The van der Waals surface area contributed by atoms with Crippen molar-refractivity contribution in [2.24, 2.45) is 0 Å². The van der Waals surface area contributed by atoms with E-state index in [-0.39, 0.29) is 35.2 Å². The molecule has 1 aliphatic rings. The molecule has 1 aliphatic heterocycles. The molecule has 24 heavy (non-hydrogen) atoms. The van der Waals surface area contributed by atoms with E-state index in [0.717, 1.165) is 25.1 Å². The molecule has 0 bridgehead atoms. The molecule has 136 valence electrons. The Hall–Kier alpha value is -1.09. The van der Waals surface area contributed by atoms with Crippen molar-refractivity contribution in [3.8, 4) is 0 Å². The molecule has 1 saturated heterocycles. The van der Waals surface area contributed by atoms with Gasteiger partial charge in [0, 0.05) is 18.5 Å². The molecule has 1 amide bonds. The molecule has 2 heterocycles.